The first-order valence-electron chi connectivity index (χ1n) is 7.09. The first-order valence-corrected chi connectivity index (χ1v) is 7.09. The summed E-state index contributed by atoms with van der Waals surface area (Å²) in [6.45, 7) is 2.06. The number of fused-ring (bicyclic) bond motifs is 2. The normalized spacial score (nSPS) is 31.1. The molecule has 2 heteroatoms. The molecule has 0 amide bonds. The number of carbonyl (C=O) groups excluding carboxylic acids is 1. The Hall–Kier alpha value is -1.15. The summed E-state index contributed by atoms with van der Waals surface area (Å²) < 4.78 is 0. The van der Waals surface area contributed by atoms with Crippen molar-refractivity contribution in [3.05, 3.63) is 35.4 Å². The van der Waals surface area contributed by atoms with Gasteiger partial charge in [0.1, 0.15) is 0 Å². The van der Waals surface area contributed by atoms with Crippen molar-refractivity contribution in [3.63, 3.8) is 0 Å². The molecule has 1 aromatic carbocycles. The molecule has 0 aliphatic carbocycles. The molecule has 2 saturated heterocycles. The zero-order valence-corrected chi connectivity index (χ0v) is 11.0. The van der Waals surface area contributed by atoms with Crippen LogP contribution in [0.15, 0.2) is 24.3 Å². The largest absolute Gasteiger partial charge is 0.311 e. The lowest BCUT2D eigenvalue weighted by atomic mass is 9.77. The van der Waals surface area contributed by atoms with E-state index in [9.17, 15) is 4.79 Å². The van der Waals surface area contributed by atoms with Gasteiger partial charge in [-0.05, 0) is 32.6 Å². The van der Waals surface area contributed by atoms with Crippen molar-refractivity contribution in [2.45, 2.75) is 51.1 Å². The lowest BCUT2D eigenvalue weighted by molar-refractivity contribution is 0.0825. The second-order valence-electron chi connectivity index (χ2n) is 5.89. The third-order valence-corrected chi connectivity index (χ3v) is 4.42. The minimum absolute atomic E-state index is 0.240. The lowest BCUT2D eigenvalue weighted by Gasteiger charge is -2.39. The highest BCUT2D eigenvalue weighted by atomic mass is 16.1. The predicted molar refractivity (Wildman–Crippen MR) is 72.8 cm³/mol. The molecule has 2 aliphatic heterocycles. The van der Waals surface area contributed by atoms with Gasteiger partial charge < -0.3 is 5.32 Å². The number of ketones is 1. The molecule has 2 unspecified atom stereocenters. The van der Waals surface area contributed by atoms with Crippen LogP contribution >= 0.6 is 0 Å². The minimum Gasteiger partial charge on any atom is -0.311 e. The van der Waals surface area contributed by atoms with E-state index in [1.165, 1.54) is 24.8 Å². The van der Waals surface area contributed by atoms with E-state index in [2.05, 4.69) is 12.2 Å². The second kappa shape index (κ2) is 4.85. The van der Waals surface area contributed by atoms with Crippen molar-refractivity contribution in [1.82, 2.24) is 5.32 Å². The molecule has 1 N–H and O–H groups in total. The van der Waals surface area contributed by atoms with Crippen molar-refractivity contribution in [2.24, 2.45) is 5.92 Å². The highest BCUT2D eigenvalue weighted by Gasteiger charge is 2.34. The second-order valence-corrected chi connectivity index (χ2v) is 5.89. The van der Waals surface area contributed by atoms with Crippen molar-refractivity contribution in [3.8, 4) is 0 Å². The maximum Gasteiger partial charge on any atom is 0.166 e. The van der Waals surface area contributed by atoms with Crippen LogP contribution in [0, 0.1) is 12.8 Å². The van der Waals surface area contributed by atoms with Gasteiger partial charge in [-0.25, -0.2) is 0 Å². The molecule has 2 nitrogen and oxygen atoms in total. The van der Waals surface area contributed by atoms with Crippen LogP contribution in [-0.4, -0.2) is 17.9 Å². The van der Waals surface area contributed by atoms with E-state index in [1.807, 2.05) is 24.3 Å². The highest BCUT2D eigenvalue weighted by molar-refractivity contribution is 5.98. The number of benzene rings is 1. The van der Waals surface area contributed by atoms with Gasteiger partial charge in [0.2, 0.25) is 0 Å². The number of nitrogens with one attached hydrogen (secondary N) is 1. The van der Waals surface area contributed by atoms with Gasteiger partial charge in [-0.1, -0.05) is 36.2 Å². The van der Waals surface area contributed by atoms with Gasteiger partial charge >= 0.3 is 0 Å². The molecule has 0 radical (unpaired) electrons. The lowest BCUT2D eigenvalue weighted by Crippen LogP contribution is -2.50. The van der Waals surface area contributed by atoms with Gasteiger partial charge in [-0.3, -0.25) is 4.79 Å². The van der Waals surface area contributed by atoms with E-state index in [4.69, 9.17) is 0 Å². The van der Waals surface area contributed by atoms with Crippen LogP contribution in [0.4, 0.5) is 0 Å². The fourth-order valence-corrected chi connectivity index (χ4v) is 3.43. The number of aryl methyl sites for hydroxylation is 1. The topological polar surface area (TPSA) is 29.1 Å². The fraction of sp³-hybridized carbons (Fsp3) is 0.562. The SMILES string of the molecule is Cc1ccc(C(=O)C2CC3CCCC(C2)N3)cc1. The summed E-state index contributed by atoms with van der Waals surface area (Å²) in [5, 5.41) is 3.65. The van der Waals surface area contributed by atoms with Crippen molar-refractivity contribution >= 4 is 5.78 Å². The average Bonchev–Trinajstić information content (AvgIpc) is 2.38. The van der Waals surface area contributed by atoms with E-state index in [-0.39, 0.29) is 5.92 Å². The Morgan fingerprint density at radius 1 is 1.11 bits per heavy atom. The van der Waals surface area contributed by atoms with E-state index in [0.29, 0.717) is 17.9 Å². The first-order chi connectivity index (χ1) is 8.72. The third-order valence-electron chi connectivity index (χ3n) is 4.42. The summed E-state index contributed by atoms with van der Waals surface area (Å²) in [7, 11) is 0. The number of Topliss-reactive ketones (excluding diaryl/α,β-unsaturated/α-hetero) is 1. The summed E-state index contributed by atoms with van der Waals surface area (Å²) in [6.07, 6.45) is 5.88. The molecule has 2 bridgehead atoms. The number of hydrogen-bond acceptors (Lipinski definition) is 2. The first kappa shape index (κ1) is 11.9. The fourth-order valence-electron chi connectivity index (χ4n) is 3.43. The smallest absolute Gasteiger partial charge is 0.166 e. The molecule has 2 aliphatic rings. The van der Waals surface area contributed by atoms with Crippen LogP contribution in [0.25, 0.3) is 0 Å². The van der Waals surface area contributed by atoms with E-state index >= 15 is 0 Å². The summed E-state index contributed by atoms with van der Waals surface area (Å²) in [5.41, 5.74) is 2.11. The Morgan fingerprint density at radius 2 is 1.72 bits per heavy atom. The molecular formula is C16H21NO. The Morgan fingerprint density at radius 3 is 2.33 bits per heavy atom. The van der Waals surface area contributed by atoms with E-state index < -0.39 is 0 Å². The maximum absolute atomic E-state index is 12.5. The van der Waals surface area contributed by atoms with Crippen molar-refractivity contribution < 1.29 is 4.79 Å². The van der Waals surface area contributed by atoms with Crippen molar-refractivity contribution in [2.75, 3.05) is 0 Å². The van der Waals surface area contributed by atoms with Crippen LogP contribution in [0.5, 0.6) is 0 Å². The molecule has 1 aromatic rings. The van der Waals surface area contributed by atoms with Crippen LogP contribution in [0.1, 0.15) is 48.0 Å². The molecular weight excluding hydrogens is 222 g/mol. The van der Waals surface area contributed by atoms with Crippen molar-refractivity contribution in [1.29, 1.82) is 0 Å². The van der Waals surface area contributed by atoms with Crippen LogP contribution in [0.2, 0.25) is 0 Å². The Kier molecular flexibility index (Phi) is 3.21. The van der Waals surface area contributed by atoms with Crippen LogP contribution in [-0.2, 0) is 0 Å². The molecule has 0 saturated carbocycles. The molecule has 0 aromatic heterocycles. The molecule has 2 heterocycles. The number of rotatable bonds is 2. The summed E-state index contributed by atoms with van der Waals surface area (Å²) in [4.78, 5) is 12.5. The highest BCUT2D eigenvalue weighted by Crippen LogP contribution is 2.31. The van der Waals surface area contributed by atoms with E-state index in [0.717, 1.165) is 18.4 Å². The van der Waals surface area contributed by atoms with E-state index in [1.54, 1.807) is 0 Å². The maximum atomic E-state index is 12.5. The Bertz CT molecular complexity index is 425. The quantitative estimate of drug-likeness (QED) is 0.809. The van der Waals surface area contributed by atoms with Gasteiger partial charge in [0.05, 0.1) is 0 Å². The molecule has 0 spiro atoms. The minimum atomic E-state index is 0.240. The van der Waals surface area contributed by atoms with Gasteiger partial charge in [0.25, 0.3) is 0 Å². The number of carbonyl (C=O) groups is 1. The zero-order valence-electron chi connectivity index (χ0n) is 11.0. The predicted octanol–water partition coefficient (Wildman–Crippen LogP) is 3.10. The number of hydrogen-bond donors (Lipinski definition) is 1. The monoisotopic (exact) mass is 243 g/mol. The summed E-state index contributed by atoms with van der Waals surface area (Å²) in [6, 6.07) is 9.20. The van der Waals surface area contributed by atoms with Gasteiger partial charge in [-0.15, -0.1) is 0 Å². The summed E-state index contributed by atoms with van der Waals surface area (Å²) in [5.74, 6) is 0.595. The van der Waals surface area contributed by atoms with Crippen LogP contribution in [0.3, 0.4) is 0 Å². The standard InChI is InChI=1S/C16H21NO/c1-11-5-7-12(8-6-11)16(18)13-9-14-3-2-4-15(10-13)17-14/h5-8,13-15,17H,2-4,9-10H2,1H3. The zero-order chi connectivity index (χ0) is 12.5. The van der Waals surface area contributed by atoms with Gasteiger partial charge in [-0.2, -0.15) is 0 Å². The Balaban J connectivity index is 1.74. The Labute approximate surface area is 109 Å². The molecule has 96 valence electrons. The van der Waals surface area contributed by atoms with Gasteiger partial charge in [0, 0.05) is 23.6 Å². The molecule has 18 heavy (non-hydrogen) atoms. The molecule has 3 rings (SSSR count). The molecule has 2 fully saturated rings. The third kappa shape index (κ3) is 2.35. The number of piperidine rings is 2. The van der Waals surface area contributed by atoms with Crippen LogP contribution < -0.4 is 5.32 Å². The molecule has 2 atom stereocenters. The van der Waals surface area contributed by atoms with Gasteiger partial charge in [0.15, 0.2) is 5.78 Å². The average molecular weight is 243 g/mol. The summed E-state index contributed by atoms with van der Waals surface area (Å²) >= 11 is 0.